The molecule has 0 aliphatic carbocycles. The Balaban J connectivity index is 1.78. The monoisotopic (exact) mass is 383 g/mol. The van der Waals surface area contributed by atoms with E-state index < -0.39 is 11.2 Å². The van der Waals surface area contributed by atoms with E-state index in [0.717, 1.165) is 22.9 Å². The van der Waals surface area contributed by atoms with E-state index in [-0.39, 0.29) is 6.79 Å². The minimum absolute atomic E-state index is 0.193. The smallest absolute Gasteiger partial charge is 0.317 e. The Bertz CT molecular complexity index is 970. The van der Waals surface area contributed by atoms with Crippen LogP contribution < -0.4 is 9.47 Å². The average molecular weight is 383 g/mol. The number of carboxylic acids is 1. The van der Waals surface area contributed by atoms with Crippen molar-refractivity contribution in [3.63, 3.8) is 0 Å². The molecule has 1 aliphatic rings. The van der Waals surface area contributed by atoms with Crippen molar-refractivity contribution in [2.45, 2.75) is 23.8 Å². The summed E-state index contributed by atoms with van der Waals surface area (Å²) in [6.07, 6.45) is 0.475. The molecule has 6 nitrogen and oxygen atoms in total. The predicted molar refractivity (Wildman–Crippen MR) is 101 cm³/mol. The molecule has 4 rings (SSSR count). The zero-order valence-corrected chi connectivity index (χ0v) is 15.4. The second-order valence-corrected chi connectivity index (χ2v) is 7.10. The lowest BCUT2D eigenvalue weighted by Crippen LogP contribution is -2.14. The van der Waals surface area contributed by atoms with Gasteiger partial charge in [-0.3, -0.25) is 4.79 Å². The molecule has 0 radical (unpaired) electrons. The zero-order valence-electron chi connectivity index (χ0n) is 14.5. The van der Waals surface area contributed by atoms with E-state index in [2.05, 4.69) is 4.98 Å². The summed E-state index contributed by atoms with van der Waals surface area (Å²) in [5, 5.41) is 9.05. The van der Waals surface area contributed by atoms with Crippen LogP contribution in [0.2, 0.25) is 0 Å². The van der Waals surface area contributed by atoms with Gasteiger partial charge >= 0.3 is 5.97 Å². The highest BCUT2D eigenvalue weighted by molar-refractivity contribution is 8.00. The lowest BCUT2D eigenvalue weighted by Gasteiger charge is -2.05. The third-order valence-electron chi connectivity index (χ3n) is 4.18. The summed E-state index contributed by atoms with van der Waals surface area (Å²) in [7, 11) is 0. The van der Waals surface area contributed by atoms with Gasteiger partial charge in [0, 0.05) is 11.1 Å². The fourth-order valence-electron chi connectivity index (χ4n) is 2.81. The molecule has 2 aromatic carbocycles. The molecule has 1 aromatic heterocycles. The summed E-state index contributed by atoms with van der Waals surface area (Å²) in [6, 6.07) is 15.2. The molecule has 2 heterocycles. The molecule has 0 amide bonds. The van der Waals surface area contributed by atoms with Crippen LogP contribution in [0.3, 0.4) is 0 Å². The zero-order chi connectivity index (χ0) is 18.8. The van der Waals surface area contributed by atoms with Gasteiger partial charge in [-0.05, 0) is 24.6 Å². The SMILES string of the molecule is CCC(Sc1nc(-c2ccccc2)c(-c2ccc3c(c2)OCO3)o1)C(=O)O. The average Bonchev–Trinajstić information content (AvgIpc) is 3.32. The van der Waals surface area contributed by atoms with E-state index in [1.807, 2.05) is 55.5 Å². The van der Waals surface area contributed by atoms with Gasteiger partial charge in [0.25, 0.3) is 5.22 Å². The van der Waals surface area contributed by atoms with Crippen molar-refractivity contribution < 1.29 is 23.8 Å². The molecule has 1 unspecified atom stereocenters. The minimum Gasteiger partial charge on any atom is -0.480 e. The maximum Gasteiger partial charge on any atom is 0.317 e. The van der Waals surface area contributed by atoms with Crippen molar-refractivity contribution in [2.75, 3.05) is 6.79 Å². The maximum atomic E-state index is 11.4. The number of carboxylic acid groups (broad SMARTS) is 1. The van der Waals surface area contributed by atoms with Gasteiger partial charge in [0.15, 0.2) is 17.3 Å². The van der Waals surface area contributed by atoms with Gasteiger partial charge in [0.1, 0.15) is 10.9 Å². The Kier molecular flexibility index (Phi) is 4.77. The van der Waals surface area contributed by atoms with Crippen LogP contribution in [-0.2, 0) is 4.79 Å². The first-order chi connectivity index (χ1) is 13.2. The molecule has 1 aliphatic heterocycles. The normalized spacial score (nSPS) is 13.5. The Hall–Kier alpha value is -2.93. The minimum atomic E-state index is -0.883. The van der Waals surface area contributed by atoms with Gasteiger partial charge in [0.2, 0.25) is 6.79 Å². The first kappa shape index (κ1) is 17.5. The van der Waals surface area contributed by atoms with Crippen molar-refractivity contribution >= 4 is 17.7 Å². The fourth-order valence-corrected chi connectivity index (χ4v) is 3.59. The second kappa shape index (κ2) is 7.36. The third-order valence-corrected chi connectivity index (χ3v) is 5.37. The quantitative estimate of drug-likeness (QED) is 0.618. The van der Waals surface area contributed by atoms with Crippen molar-refractivity contribution in [1.82, 2.24) is 4.98 Å². The summed E-state index contributed by atoms with van der Waals surface area (Å²) in [6.45, 7) is 2.02. The molecular weight excluding hydrogens is 366 g/mol. The molecule has 0 bridgehead atoms. The highest BCUT2D eigenvalue weighted by Gasteiger charge is 2.24. The third kappa shape index (κ3) is 3.50. The number of ether oxygens (including phenoxy) is 2. The number of hydrogen-bond acceptors (Lipinski definition) is 6. The van der Waals surface area contributed by atoms with Crippen LogP contribution in [0.25, 0.3) is 22.6 Å². The van der Waals surface area contributed by atoms with Crippen LogP contribution in [0.5, 0.6) is 11.5 Å². The summed E-state index contributed by atoms with van der Waals surface area (Å²) < 4.78 is 16.8. The second-order valence-electron chi connectivity index (χ2n) is 5.94. The summed E-state index contributed by atoms with van der Waals surface area (Å²) in [4.78, 5) is 16.0. The van der Waals surface area contributed by atoms with Crippen LogP contribution in [-0.4, -0.2) is 28.1 Å². The topological polar surface area (TPSA) is 81.8 Å². The molecule has 7 heteroatoms. The summed E-state index contributed by atoms with van der Waals surface area (Å²) in [5.74, 6) is 1.02. The van der Waals surface area contributed by atoms with Gasteiger partial charge < -0.3 is 19.0 Å². The number of rotatable bonds is 6. The molecule has 27 heavy (non-hydrogen) atoms. The lowest BCUT2D eigenvalue weighted by atomic mass is 10.1. The number of nitrogens with zero attached hydrogens (tertiary/aromatic N) is 1. The van der Waals surface area contributed by atoms with Gasteiger partial charge in [-0.1, -0.05) is 49.0 Å². The Morgan fingerprint density at radius 3 is 2.67 bits per heavy atom. The van der Waals surface area contributed by atoms with Crippen LogP contribution in [0.1, 0.15) is 13.3 Å². The lowest BCUT2D eigenvalue weighted by molar-refractivity contribution is -0.136. The van der Waals surface area contributed by atoms with Crippen LogP contribution >= 0.6 is 11.8 Å². The number of oxazole rings is 1. The maximum absolute atomic E-state index is 11.4. The van der Waals surface area contributed by atoms with E-state index >= 15 is 0 Å². The summed E-state index contributed by atoms with van der Waals surface area (Å²) >= 11 is 1.11. The predicted octanol–water partition coefficient (Wildman–Crippen LogP) is 4.69. The fraction of sp³-hybridized carbons (Fsp3) is 0.200. The highest BCUT2D eigenvalue weighted by atomic mass is 32.2. The van der Waals surface area contributed by atoms with Crippen molar-refractivity contribution in [1.29, 1.82) is 0 Å². The van der Waals surface area contributed by atoms with E-state index in [4.69, 9.17) is 13.9 Å². The van der Waals surface area contributed by atoms with E-state index in [0.29, 0.717) is 34.6 Å². The molecule has 0 fully saturated rings. The number of thioether (sulfide) groups is 1. The number of aliphatic carboxylic acids is 1. The number of hydrogen-bond donors (Lipinski definition) is 1. The van der Waals surface area contributed by atoms with Crippen LogP contribution in [0, 0.1) is 0 Å². The van der Waals surface area contributed by atoms with Gasteiger partial charge in [0.05, 0.1) is 0 Å². The summed E-state index contributed by atoms with van der Waals surface area (Å²) in [5.41, 5.74) is 2.35. The van der Waals surface area contributed by atoms with E-state index in [1.54, 1.807) is 0 Å². The molecule has 3 aromatic rings. The Labute approximate surface area is 160 Å². The Morgan fingerprint density at radius 2 is 1.93 bits per heavy atom. The van der Waals surface area contributed by atoms with Gasteiger partial charge in [-0.25, -0.2) is 4.98 Å². The number of fused-ring (bicyclic) bond motifs is 1. The van der Waals surface area contributed by atoms with Crippen molar-refractivity contribution in [3.05, 3.63) is 48.5 Å². The first-order valence-corrected chi connectivity index (χ1v) is 9.39. The van der Waals surface area contributed by atoms with Crippen LogP contribution in [0.15, 0.2) is 58.2 Å². The molecule has 1 atom stereocenters. The van der Waals surface area contributed by atoms with E-state index in [9.17, 15) is 9.90 Å². The van der Waals surface area contributed by atoms with Crippen molar-refractivity contribution in [3.8, 4) is 34.1 Å². The molecule has 138 valence electrons. The number of aromatic nitrogens is 1. The van der Waals surface area contributed by atoms with Gasteiger partial charge in [-0.15, -0.1) is 0 Å². The van der Waals surface area contributed by atoms with E-state index in [1.165, 1.54) is 0 Å². The number of benzene rings is 2. The van der Waals surface area contributed by atoms with Crippen LogP contribution in [0.4, 0.5) is 0 Å². The molecule has 0 spiro atoms. The highest BCUT2D eigenvalue weighted by Crippen LogP contribution is 2.41. The number of carbonyl (C=O) groups is 1. The largest absolute Gasteiger partial charge is 0.480 e. The molecule has 1 N–H and O–H groups in total. The van der Waals surface area contributed by atoms with Crippen molar-refractivity contribution in [2.24, 2.45) is 0 Å². The molecular formula is C20H17NO5S. The standard InChI is InChI=1S/C20H17NO5S/c1-2-16(19(22)23)27-20-21-17(12-6-4-3-5-7-12)18(26-20)13-8-9-14-15(10-13)25-11-24-14/h3-10,16H,2,11H2,1H3,(H,22,23). The first-order valence-electron chi connectivity index (χ1n) is 8.51. The van der Waals surface area contributed by atoms with Gasteiger partial charge in [-0.2, -0.15) is 0 Å². The Morgan fingerprint density at radius 1 is 1.15 bits per heavy atom. The molecule has 0 saturated carbocycles. The molecule has 0 saturated heterocycles.